The molecule has 0 saturated heterocycles. The van der Waals surface area contributed by atoms with E-state index < -0.39 is 6.04 Å². The Balaban J connectivity index is 1.68. The highest BCUT2D eigenvalue weighted by Crippen LogP contribution is 2.38. The minimum absolute atomic E-state index is 0.240. The summed E-state index contributed by atoms with van der Waals surface area (Å²) < 4.78 is 13.2. The van der Waals surface area contributed by atoms with Gasteiger partial charge in [0.2, 0.25) is 5.95 Å². The lowest BCUT2D eigenvalue weighted by atomic mass is 9.94. The van der Waals surface area contributed by atoms with Crippen molar-refractivity contribution in [1.29, 1.82) is 0 Å². The number of fused-ring (bicyclic) bond motifs is 1. The second-order valence-corrected chi connectivity index (χ2v) is 8.77. The van der Waals surface area contributed by atoms with Gasteiger partial charge in [0.25, 0.3) is 5.91 Å². The zero-order valence-electron chi connectivity index (χ0n) is 20.1. The molecule has 9 heteroatoms. The zero-order chi connectivity index (χ0) is 24.2. The van der Waals surface area contributed by atoms with Crippen LogP contribution in [-0.2, 0) is 4.79 Å². The average molecular weight is 463 g/mol. The number of nitrogens with zero attached hydrogens (tertiary/aromatic N) is 4. The van der Waals surface area contributed by atoms with Gasteiger partial charge in [-0.15, -0.1) is 0 Å². The van der Waals surface area contributed by atoms with E-state index in [0.717, 1.165) is 17.5 Å². The van der Waals surface area contributed by atoms with Gasteiger partial charge in [0.1, 0.15) is 6.04 Å². The topological polar surface area (TPSA) is 103 Å². The summed E-state index contributed by atoms with van der Waals surface area (Å²) in [6, 6.07) is 12.8. The fraction of sp³-hybridized carbons (Fsp3) is 0.360. The first-order valence-electron chi connectivity index (χ1n) is 11.3. The van der Waals surface area contributed by atoms with Crippen LogP contribution >= 0.6 is 0 Å². The normalized spacial score (nSPS) is 15.1. The van der Waals surface area contributed by atoms with Crippen molar-refractivity contribution in [2.24, 2.45) is 5.92 Å². The maximum Gasteiger partial charge on any atom is 0.255 e. The molecule has 0 saturated carbocycles. The molecule has 1 aliphatic rings. The molecule has 1 amide bonds. The molecule has 1 aliphatic heterocycles. The van der Waals surface area contributed by atoms with Gasteiger partial charge in [-0.2, -0.15) is 4.68 Å². The van der Waals surface area contributed by atoms with E-state index in [1.165, 1.54) is 0 Å². The van der Waals surface area contributed by atoms with Crippen LogP contribution in [0.3, 0.4) is 0 Å². The van der Waals surface area contributed by atoms with Crippen molar-refractivity contribution >= 4 is 17.5 Å². The molecule has 0 bridgehead atoms. The van der Waals surface area contributed by atoms with Gasteiger partial charge in [0.15, 0.2) is 11.5 Å². The first-order chi connectivity index (χ1) is 16.4. The van der Waals surface area contributed by atoms with Crippen LogP contribution in [0.15, 0.2) is 53.7 Å². The van der Waals surface area contributed by atoms with Crippen LogP contribution in [0.5, 0.6) is 11.5 Å². The molecule has 0 fully saturated rings. The second kappa shape index (κ2) is 9.94. The molecular weight excluding hydrogens is 432 g/mol. The van der Waals surface area contributed by atoms with E-state index >= 15 is 0 Å². The van der Waals surface area contributed by atoms with Gasteiger partial charge in [-0.3, -0.25) is 4.79 Å². The molecule has 1 atom stereocenters. The van der Waals surface area contributed by atoms with Crippen molar-refractivity contribution in [1.82, 2.24) is 20.2 Å². The molecule has 1 aromatic heterocycles. The first-order valence-corrected chi connectivity index (χ1v) is 11.3. The molecule has 178 valence electrons. The Hall–Kier alpha value is -3.88. The predicted molar refractivity (Wildman–Crippen MR) is 130 cm³/mol. The van der Waals surface area contributed by atoms with E-state index in [2.05, 4.69) is 40.0 Å². The maximum atomic E-state index is 13.5. The van der Waals surface area contributed by atoms with Crippen molar-refractivity contribution in [3.05, 3.63) is 64.9 Å². The summed E-state index contributed by atoms with van der Waals surface area (Å²) in [4.78, 5) is 13.5. The second-order valence-electron chi connectivity index (χ2n) is 8.77. The van der Waals surface area contributed by atoms with Crippen LogP contribution < -0.4 is 20.1 Å². The number of carbonyl (C=O) groups is 1. The number of ether oxygens (including phenoxy) is 2. The molecule has 4 rings (SSSR count). The van der Waals surface area contributed by atoms with Crippen LogP contribution in [0.4, 0.5) is 11.6 Å². The number of tetrazole rings is 1. The van der Waals surface area contributed by atoms with Crippen LogP contribution in [0.2, 0.25) is 0 Å². The summed E-state index contributed by atoms with van der Waals surface area (Å²) >= 11 is 0. The summed E-state index contributed by atoms with van der Waals surface area (Å²) in [5.74, 6) is 2.01. The fourth-order valence-corrected chi connectivity index (χ4v) is 3.83. The van der Waals surface area contributed by atoms with Crippen molar-refractivity contribution in [3.8, 4) is 11.5 Å². The lowest BCUT2D eigenvalue weighted by Gasteiger charge is -2.28. The Labute approximate surface area is 199 Å². The van der Waals surface area contributed by atoms with E-state index in [9.17, 15) is 4.79 Å². The molecule has 3 aromatic rings. The largest absolute Gasteiger partial charge is 0.493 e. The lowest BCUT2D eigenvalue weighted by Crippen LogP contribution is -2.31. The monoisotopic (exact) mass is 462 g/mol. The quantitative estimate of drug-likeness (QED) is 0.513. The molecule has 0 spiro atoms. The molecule has 2 heterocycles. The van der Waals surface area contributed by atoms with Crippen molar-refractivity contribution in [3.63, 3.8) is 0 Å². The fourth-order valence-electron chi connectivity index (χ4n) is 3.83. The third-order valence-electron chi connectivity index (χ3n) is 5.72. The number of anilines is 2. The van der Waals surface area contributed by atoms with E-state index in [-0.39, 0.29) is 5.91 Å². The molecule has 9 nitrogen and oxygen atoms in total. The average Bonchev–Trinajstić information content (AvgIpc) is 3.27. The Morgan fingerprint density at radius 3 is 2.62 bits per heavy atom. The third-order valence-corrected chi connectivity index (χ3v) is 5.72. The Bertz CT molecular complexity index is 1200. The summed E-state index contributed by atoms with van der Waals surface area (Å²) in [6.07, 6.45) is 0.943. The third kappa shape index (κ3) is 4.88. The van der Waals surface area contributed by atoms with E-state index in [1.807, 2.05) is 56.3 Å². The molecule has 2 N–H and O–H groups in total. The number of amides is 1. The predicted octanol–water partition coefficient (Wildman–Crippen LogP) is 4.34. The Morgan fingerprint density at radius 1 is 1.15 bits per heavy atom. The van der Waals surface area contributed by atoms with E-state index in [4.69, 9.17) is 9.47 Å². The van der Waals surface area contributed by atoms with Crippen LogP contribution in [0, 0.1) is 12.8 Å². The Morgan fingerprint density at radius 2 is 1.91 bits per heavy atom. The number of hydrogen-bond acceptors (Lipinski definition) is 7. The standard InChI is InChI=1S/C25H30N6O3/c1-15(2)12-13-34-20-11-8-18(14-21(20)33-5)23-22(17(4)26-25-28-29-30-31(23)25)24(32)27-19-9-6-16(3)7-10-19/h6-11,14-15,23H,12-13H2,1-5H3,(H,27,32)(H,26,28,30). The number of aromatic nitrogens is 4. The van der Waals surface area contributed by atoms with Crippen molar-refractivity contribution in [2.75, 3.05) is 24.4 Å². The van der Waals surface area contributed by atoms with Crippen LogP contribution in [0.25, 0.3) is 0 Å². The molecular formula is C25H30N6O3. The number of methoxy groups -OCH3 is 1. The van der Waals surface area contributed by atoms with Gasteiger partial charge < -0.3 is 20.1 Å². The van der Waals surface area contributed by atoms with Crippen LogP contribution in [0.1, 0.15) is 44.4 Å². The summed E-state index contributed by atoms with van der Waals surface area (Å²) in [6.45, 7) is 8.75. The summed E-state index contributed by atoms with van der Waals surface area (Å²) in [5, 5.41) is 18.1. The van der Waals surface area contributed by atoms with Gasteiger partial charge in [0.05, 0.1) is 19.3 Å². The van der Waals surface area contributed by atoms with Crippen molar-refractivity contribution in [2.45, 2.75) is 40.2 Å². The molecule has 2 aromatic carbocycles. The lowest BCUT2D eigenvalue weighted by molar-refractivity contribution is -0.113. The number of benzene rings is 2. The Kier molecular flexibility index (Phi) is 6.81. The molecule has 1 unspecified atom stereocenters. The SMILES string of the molecule is COc1cc(C2C(C(=O)Nc3ccc(C)cc3)=C(C)Nc3nnnn32)ccc1OCCC(C)C. The van der Waals surface area contributed by atoms with Gasteiger partial charge in [-0.25, -0.2) is 0 Å². The van der Waals surface area contributed by atoms with E-state index in [1.54, 1.807) is 11.8 Å². The summed E-state index contributed by atoms with van der Waals surface area (Å²) in [5.41, 5.74) is 3.82. The van der Waals surface area contributed by atoms with Gasteiger partial charge in [-0.1, -0.05) is 42.7 Å². The molecule has 34 heavy (non-hydrogen) atoms. The highest BCUT2D eigenvalue weighted by Gasteiger charge is 2.34. The number of hydrogen-bond donors (Lipinski definition) is 2. The highest BCUT2D eigenvalue weighted by atomic mass is 16.5. The molecule has 0 aliphatic carbocycles. The minimum atomic E-state index is -0.546. The zero-order valence-corrected chi connectivity index (χ0v) is 20.1. The summed E-state index contributed by atoms with van der Waals surface area (Å²) in [7, 11) is 1.60. The van der Waals surface area contributed by atoms with Gasteiger partial charge in [0, 0.05) is 11.4 Å². The van der Waals surface area contributed by atoms with Crippen molar-refractivity contribution < 1.29 is 14.3 Å². The number of allylic oxidation sites excluding steroid dienone is 1. The van der Waals surface area contributed by atoms with Gasteiger partial charge in [-0.05, 0) is 66.4 Å². The van der Waals surface area contributed by atoms with Crippen LogP contribution in [-0.4, -0.2) is 39.8 Å². The maximum absolute atomic E-state index is 13.5. The highest BCUT2D eigenvalue weighted by molar-refractivity contribution is 6.06. The number of aryl methyl sites for hydroxylation is 1. The molecule has 0 radical (unpaired) electrons. The smallest absolute Gasteiger partial charge is 0.255 e. The first kappa shape index (κ1) is 23.3. The number of nitrogens with one attached hydrogen (secondary N) is 2. The minimum Gasteiger partial charge on any atom is -0.493 e. The number of carbonyl (C=O) groups excluding carboxylic acids is 1. The van der Waals surface area contributed by atoms with E-state index in [0.29, 0.717) is 46.9 Å². The van der Waals surface area contributed by atoms with Gasteiger partial charge >= 0.3 is 0 Å². The number of rotatable bonds is 8.